The number of aliphatic hydroxyl groups is 1. The summed E-state index contributed by atoms with van der Waals surface area (Å²) < 4.78 is 0. The zero-order valence-electron chi connectivity index (χ0n) is 8.77. The maximum absolute atomic E-state index is 9.92. The number of aliphatic carboxylic acids is 1. The van der Waals surface area contributed by atoms with Crippen molar-refractivity contribution < 1.29 is 19.8 Å². The van der Waals surface area contributed by atoms with E-state index in [9.17, 15) is 14.7 Å². The summed E-state index contributed by atoms with van der Waals surface area (Å²) in [6.45, 7) is 5.78. The lowest BCUT2D eigenvalue weighted by atomic mass is 10.3. The van der Waals surface area contributed by atoms with Gasteiger partial charge in [0, 0.05) is 11.5 Å². The van der Waals surface area contributed by atoms with Gasteiger partial charge in [0.1, 0.15) is 0 Å². The molecule has 1 N–H and O–H groups in total. The molecule has 0 bridgehead atoms. The average molecular weight is 232 g/mol. The van der Waals surface area contributed by atoms with E-state index in [0.29, 0.717) is 0 Å². The first kappa shape index (κ1) is 16.5. The fraction of sp³-hybridized carbons (Fsp3) is 0.600. The van der Waals surface area contributed by atoms with Gasteiger partial charge in [-0.3, -0.25) is 0 Å². The third kappa shape index (κ3) is 15.8. The van der Waals surface area contributed by atoms with E-state index in [1.165, 1.54) is 19.3 Å². The van der Waals surface area contributed by atoms with Crippen LogP contribution in [0.25, 0.3) is 0 Å². The number of carboxylic acid groups (broad SMARTS) is 1. The van der Waals surface area contributed by atoms with Crippen LogP contribution in [0.5, 0.6) is 0 Å². The Labute approximate surface area is 95.4 Å². The molecule has 0 aliphatic heterocycles. The summed E-state index contributed by atoms with van der Waals surface area (Å²) in [6.07, 6.45) is 3.41. The number of carbonyl (C=O) groups is 2. The largest absolute Gasteiger partial charge is 0.742 e. The second kappa shape index (κ2) is 11.1. The minimum absolute atomic E-state index is 0.558. The number of unbranched alkanes of at least 4 members (excludes halogenated alkanes) is 2. The highest BCUT2D eigenvalue weighted by molar-refractivity contribution is 7.77. The van der Waals surface area contributed by atoms with Crippen LogP contribution in [0.1, 0.15) is 32.6 Å². The van der Waals surface area contributed by atoms with Gasteiger partial charge in [-0.05, 0) is 6.42 Å². The zero-order valence-corrected chi connectivity index (χ0v) is 9.59. The molecule has 1 unspecified atom stereocenters. The van der Waals surface area contributed by atoms with E-state index in [1.54, 1.807) is 0 Å². The van der Waals surface area contributed by atoms with Gasteiger partial charge >= 0.3 is 0 Å². The molecule has 0 aromatic rings. The Kier molecular flexibility index (Phi) is 12.2. The highest BCUT2D eigenvalue weighted by Gasteiger charge is 2.02. The molecule has 0 saturated heterocycles. The molecule has 0 aromatic heterocycles. The van der Waals surface area contributed by atoms with Gasteiger partial charge in [-0.2, -0.15) is 0 Å². The van der Waals surface area contributed by atoms with Crippen molar-refractivity contribution in [3.05, 3.63) is 12.7 Å². The molecule has 0 amide bonds. The highest BCUT2D eigenvalue weighted by Crippen LogP contribution is 1.91. The molecule has 88 valence electrons. The fourth-order valence-corrected chi connectivity index (χ4v) is 0.748. The van der Waals surface area contributed by atoms with Crippen LogP contribution in [-0.4, -0.2) is 22.3 Å². The van der Waals surface area contributed by atoms with Crippen LogP contribution in [0.15, 0.2) is 12.7 Å². The lowest BCUT2D eigenvalue weighted by Gasteiger charge is -2.11. The SMILES string of the molecule is C=CCCCC.O=C([S-])CC(O)C(=O)[O-]. The number of allylic oxidation sites excluding steroid dienone is 1. The molecule has 1 atom stereocenters. The van der Waals surface area contributed by atoms with E-state index in [2.05, 4.69) is 26.1 Å². The smallest absolute Gasteiger partial charge is 0.0984 e. The number of hydrogen-bond acceptors (Lipinski definition) is 5. The van der Waals surface area contributed by atoms with Crippen molar-refractivity contribution in [2.45, 2.75) is 38.7 Å². The van der Waals surface area contributed by atoms with Crippen molar-refractivity contribution in [1.29, 1.82) is 0 Å². The number of aliphatic hydroxyl groups excluding tert-OH is 1. The Morgan fingerprint density at radius 3 is 2.27 bits per heavy atom. The monoisotopic (exact) mass is 232 g/mol. The van der Waals surface area contributed by atoms with Crippen LogP contribution in [0, 0.1) is 0 Å². The third-order valence-electron chi connectivity index (χ3n) is 1.39. The number of rotatable bonds is 6. The molecule has 15 heavy (non-hydrogen) atoms. The molecule has 0 rings (SSSR count). The maximum Gasteiger partial charge on any atom is 0.0984 e. The van der Waals surface area contributed by atoms with Gasteiger partial charge in [-0.25, -0.2) is 0 Å². The predicted molar refractivity (Wildman–Crippen MR) is 57.7 cm³/mol. The number of carbonyl (C=O) groups excluding carboxylic acids is 2. The molecule has 5 heteroatoms. The average Bonchev–Trinajstić information content (AvgIpc) is 2.14. The second-order valence-electron chi connectivity index (χ2n) is 2.84. The highest BCUT2D eigenvalue weighted by atomic mass is 32.1. The molecule has 0 fully saturated rings. The van der Waals surface area contributed by atoms with Gasteiger partial charge in [0.15, 0.2) is 0 Å². The standard InChI is InChI=1S/C6H12.C4H6O4S/c1-3-5-6-4-2;5-2(4(7)8)1-3(6)9/h3H,1,4-6H2,2H3;2,5H,1H2,(H,6,9)(H,7,8)/p-2. The molecule has 0 aromatic carbocycles. The van der Waals surface area contributed by atoms with Gasteiger partial charge in [0.25, 0.3) is 0 Å². The van der Waals surface area contributed by atoms with Gasteiger partial charge in [0.05, 0.1) is 12.1 Å². The Balaban J connectivity index is 0. The maximum atomic E-state index is 9.92. The molecule has 0 saturated carbocycles. The van der Waals surface area contributed by atoms with E-state index in [1.807, 2.05) is 6.08 Å². The topological polar surface area (TPSA) is 77.4 Å². The Morgan fingerprint density at radius 1 is 1.60 bits per heavy atom. The van der Waals surface area contributed by atoms with Crippen molar-refractivity contribution in [3.8, 4) is 0 Å². The summed E-state index contributed by atoms with van der Waals surface area (Å²) in [6, 6.07) is 0. The van der Waals surface area contributed by atoms with Crippen molar-refractivity contribution in [1.82, 2.24) is 0 Å². The van der Waals surface area contributed by atoms with Crippen LogP contribution < -0.4 is 5.11 Å². The summed E-state index contributed by atoms with van der Waals surface area (Å²) in [5.41, 5.74) is 0. The van der Waals surface area contributed by atoms with Crippen LogP contribution in [0.3, 0.4) is 0 Å². The summed E-state index contributed by atoms with van der Waals surface area (Å²) in [7, 11) is 0. The van der Waals surface area contributed by atoms with Gasteiger partial charge in [0.2, 0.25) is 0 Å². The lowest BCUT2D eigenvalue weighted by molar-refractivity contribution is -0.314. The van der Waals surface area contributed by atoms with E-state index >= 15 is 0 Å². The van der Waals surface area contributed by atoms with Crippen molar-refractivity contribution in [3.63, 3.8) is 0 Å². The molecule has 0 spiro atoms. The molecular weight excluding hydrogens is 216 g/mol. The van der Waals surface area contributed by atoms with Gasteiger partial charge in [-0.15, -0.1) is 6.58 Å². The molecule has 0 heterocycles. The minimum atomic E-state index is -1.75. The lowest BCUT2D eigenvalue weighted by Crippen LogP contribution is -2.36. The van der Waals surface area contributed by atoms with E-state index in [4.69, 9.17) is 5.11 Å². The first-order chi connectivity index (χ1) is 6.95. The van der Waals surface area contributed by atoms with Crippen molar-refractivity contribution >= 4 is 23.7 Å². The van der Waals surface area contributed by atoms with Crippen molar-refractivity contribution in [2.24, 2.45) is 0 Å². The Hall–Kier alpha value is -0.940. The Morgan fingerprint density at radius 2 is 2.13 bits per heavy atom. The predicted octanol–water partition coefficient (Wildman–Crippen LogP) is -0.0766. The van der Waals surface area contributed by atoms with Crippen molar-refractivity contribution in [2.75, 3.05) is 0 Å². The van der Waals surface area contributed by atoms with E-state index in [0.717, 1.165) is 0 Å². The molecular formula is C10H16O4S-2. The normalized spacial score (nSPS) is 10.8. The zero-order chi connectivity index (χ0) is 12.3. The summed E-state index contributed by atoms with van der Waals surface area (Å²) >= 11 is 3.98. The summed E-state index contributed by atoms with van der Waals surface area (Å²) in [5.74, 6) is -1.67. The van der Waals surface area contributed by atoms with E-state index < -0.39 is 23.6 Å². The number of hydrogen-bond donors (Lipinski definition) is 1. The Bertz CT molecular complexity index is 204. The van der Waals surface area contributed by atoms with E-state index in [-0.39, 0.29) is 0 Å². The second-order valence-corrected chi connectivity index (χ2v) is 3.30. The fourth-order valence-electron chi connectivity index (χ4n) is 0.590. The van der Waals surface area contributed by atoms with Gasteiger partial charge in [-0.1, -0.05) is 25.8 Å². The first-order valence-corrected chi connectivity index (χ1v) is 5.06. The first-order valence-electron chi connectivity index (χ1n) is 4.65. The quantitative estimate of drug-likeness (QED) is 0.394. The van der Waals surface area contributed by atoms with Crippen LogP contribution in [0.4, 0.5) is 0 Å². The molecule has 0 aliphatic carbocycles. The van der Waals surface area contributed by atoms with Crippen LogP contribution in [0.2, 0.25) is 0 Å². The summed E-state index contributed by atoms with van der Waals surface area (Å²) in [5, 5.41) is 17.2. The van der Waals surface area contributed by atoms with Crippen LogP contribution >= 0.6 is 0 Å². The molecule has 0 aliphatic rings. The molecule has 0 radical (unpaired) electrons. The van der Waals surface area contributed by atoms with Crippen LogP contribution in [-0.2, 0) is 22.2 Å². The minimum Gasteiger partial charge on any atom is -0.742 e. The van der Waals surface area contributed by atoms with Gasteiger partial charge < -0.3 is 32.4 Å². The number of carboxylic acids is 1. The third-order valence-corrected chi connectivity index (χ3v) is 1.56. The molecule has 4 nitrogen and oxygen atoms in total. The summed E-state index contributed by atoms with van der Waals surface area (Å²) in [4.78, 5) is 19.6.